The molecule has 0 saturated heterocycles. The van der Waals surface area contributed by atoms with Crippen LogP contribution in [0.1, 0.15) is 17.0 Å². The average molecular weight is 303 g/mol. The fourth-order valence-corrected chi connectivity index (χ4v) is 2.47. The molecule has 0 atom stereocenters. The highest BCUT2D eigenvalue weighted by atomic mass is 35.5. The van der Waals surface area contributed by atoms with Crippen molar-refractivity contribution in [3.8, 4) is 0 Å². The van der Waals surface area contributed by atoms with E-state index in [0.29, 0.717) is 23.2 Å². The molecule has 21 heavy (non-hydrogen) atoms. The van der Waals surface area contributed by atoms with Crippen LogP contribution in [0.2, 0.25) is 5.02 Å². The second-order valence-corrected chi connectivity index (χ2v) is 5.33. The Morgan fingerprint density at radius 1 is 1.14 bits per heavy atom. The first-order chi connectivity index (χ1) is 9.99. The fourth-order valence-electron chi connectivity index (χ4n) is 2.10. The van der Waals surface area contributed by atoms with Gasteiger partial charge in [0, 0.05) is 12.6 Å². The number of anilines is 3. The van der Waals surface area contributed by atoms with Crippen molar-refractivity contribution in [2.24, 2.45) is 0 Å². The predicted molar refractivity (Wildman–Crippen MR) is 89.7 cm³/mol. The lowest BCUT2D eigenvalue weighted by Gasteiger charge is -2.13. The minimum absolute atomic E-state index is 0.653. The van der Waals surface area contributed by atoms with Crippen molar-refractivity contribution < 1.29 is 0 Å². The Labute approximate surface area is 130 Å². The van der Waals surface area contributed by atoms with Crippen LogP contribution in [0.3, 0.4) is 0 Å². The van der Waals surface area contributed by atoms with Crippen LogP contribution in [-0.4, -0.2) is 16.5 Å². The maximum absolute atomic E-state index is 6.31. The number of halogens is 1. The van der Waals surface area contributed by atoms with Gasteiger partial charge < -0.3 is 10.6 Å². The molecule has 110 valence electrons. The summed E-state index contributed by atoms with van der Waals surface area (Å²) in [7, 11) is 0. The van der Waals surface area contributed by atoms with Crippen LogP contribution in [0, 0.1) is 20.8 Å². The van der Waals surface area contributed by atoms with Gasteiger partial charge >= 0.3 is 0 Å². The summed E-state index contributed by atoms with van der Waals surface area (Å²) >= 11 is 6.31. The lowest BCUT2D eigenvalue weighted by molar-refractivity contribution is 1.05. The van der Waals surface area contributed by atoms with Gasteiger partial charge in [0.05, 0.1) is 10.7 Å². The molecule has 0 saturated carbocycles. The van der Waals surface area contributed by atoms with Crippen LogP contribution in [0.25, 0.3) is 0 Å². The van der Waals surface area contributed by atoms with Crippen LogP contribution in [0.15, 0.2) is 30.9 Å². The van der Waals surface area contributed by atoms with E-state index in [0.717, 1.165) is 22.6 Å². The maximum Gasteiger partial charge on any atom is 0.136 e. The Morgan fingerprint density at radius 3 is 2.52 bits per heavy atom. The van der Waals surface area contributed by atoms with Gasteiger partial charge in [-0.15, -0.1) is 6.58 Å². The van der Waals surface area contributed by atoms with Crippen molar-refractivity contribution >= 4 is 28.9 Å². The predicted octanol–water partition coefficient (Wildman–Crippen LogP) is 4.40. The van der Waals surface area contributed by atoms with E-state index in [1.165, 1.54) is 0 Å². The first kappa shape index (κ1) is 15.3. The van der Waals surface area contributed by atoms with Gasteiger partial charge in [-0.3, -0.25) is 0 Å². The Kier molecular flexibility index (Phi) is 4.81. The molecule has 0 aliphatic carbocycles. The zero-order chi connectivity index (χ0) is 15.4. The van der Waals surface area contributed by atoms with Gasteiger partial charge in [-0.05, 0) is 38.0 Å². The number of nitrogens with one attached hydrogen (secondary N) is 2. The summed E-state index contributed by atoms with van der Waals surface area (Å²) in [6.45, 7) is 10.2. The molecular weight excluding hydrogens is 284 g/mol. The first-order valence-electron chi connectivity index (χ1n) is 6.74. The van der Waals surface area contributed by atoms with E-state index in [-0.39, 0.29) is 0 Å². The maximum atomic E-state index is 6.31. The molecule has 0 unspecified atom stereocenters. The van der Waals surface area contributed by atoms with E-state index < -0.39 is 0 Å². The zero-order valence-corrected chi connectivity index (χ0v) is 13.3. The number of hydrogen-bond acceptors (Lipinski definition) is 4. The molecule has 2 rings (SSSR count). The van der Waals surface area contributed by atoms with Crippen LogP contribution < -0.4 is 10.6 Å². The number of aromatic nitrogens is 2. The van der Waals surface area contributed by atoms with Crippen LogP contribution in [0.5, 0.6) is 0 Å². The van der Waals surface area contributed by atoms with Crippen molar-refractivity contribution in [2.75, 3.05) is 17.2 Å². The number of benzene rings is 1. The normalized spacial score (nSPS) is 10.3. The van der Waals surface area contributed by atoms with E-state index in [1.807, 2.05) is 32.9 Å². The van der Waals surface area contributed by atoms with E-state index in [1.54, 1.807) is 6.08 Å². The molecule has 0 radical (unpaired) electrons. The highest BCUT2D eigenvalue weighted by Crippen LogP contribution is 2.30. The Balaban J connectivity index is 2.31. The molecule has 0 bridgehead atoms. The molecule has 2 N–H and O–H groups in total. The summed E-state index contributed by atoms with van der Waals surface area (Å²) in [5.74, 6) is 2.15. The second kappa shape index (κ2) is 6.59. The van der Waals surface area contributed by atoms with Gasteiger partial charge in [0.1, 0.15) is 17.5 Å². The molecular formula is C16H19ClN4. The summed E-state index contributed by atoms with van der Waals surface area (Å²) < 4.78 is 0. The van der Waals surface area contributed by atoms with Crippen molar-refractivity contribution in [2.45, 2.75) is 20.8 Å². The second-order valence-electron chi connectivity index (χ2n) is 4.92. The largest absolute Gasteiger partial charge is 0.366 e. The quantitative estimate of drug-likeness (QED) is 0.804. The van der Waals surface area contributed by atoms with E-state index in [4.69, 9.17) is 11.6 Å². The Hall–Kier alpha value is -2.07. The lowest BCUT2D eigenvalue weighted by atomic mass is 10.1. The molecule has 1 heterocycles. The Morgan fingerprint density at radius 2 is 1.86 bits per heavy atom. The number of hydrogen-bond donors (Lipinski definition) is 2. The number of aryl methyl sites for hydroxylation is 3. The zero-order valence-electron chi connectivity index (χ0n) is 12.5. The minimum atomic E-state index is 0.653. The average Bonchev–Trinajstić information content (AvgIpc) is 2.40. The molecule has 0 aliphatic rings. The molecule has 0 fully saturated rings. The van der Waals surface area contributed by atoms with E-state index >= 15 is 0 Å². The third-order valence-electron chi connectivity index (χ3n) is 2.95. The summed E-state index contributed by atoms with van der Waals surface area (Å²) in [6, 6.07) is 5.87. The minimum Gasteiger partial charge on any atom is -0.366 e. The van der Waals surface area contributed by atoms with Gasteiger partial charge in [-0.25, -0.2) is 9.97 Å². The van der Waals surface area contributed by atoms with Gasteiger partial charge in [0.2, 0.25) is 0 Å². The third-order valence-corrected chi connectivity index (χ3v) is 3.25. The first-order valence-corrected chi connectivity index (χ1v) is 7.11. The molecule has 5 heteroatoms. The van der Waals surface area contributed by atoms with Crippen molar-refractivity contribution in [3.63, 3.8) is 0 Å². The monoisotopic (exact) mass is 302 g/mol. The van der Waals surface area contributed by atoms with Crippen LogP contribution >= 0.6 is 11.6 Å². The van der Waals surface area contributed by atoms with Crippen molar-refractivity contribution in [3.05, 3.63) is 52.8 Å². The number of nitrogens with zero attached hydrogens (tertiary/aromatic N) is 2. The van der Waals surface area contributed by atoms with Crippen molar-refractivity contribution in [1.29, 1.82) is 0 Å². The van der Waals surface area contributed by atoms with Gasteiger partial charge in [-0.2, -0.15) is 0 Å². The fraction of sp³-hybridized carbons (Fsp3) is 0.250. The summed E-state index contributed by atoms with van der Waals surface area (Å²) in [6.07, 6.45) is 1.78. The third kappa shape index (κ3) is 3.95. The summed E-state index contributed by atoms with van der Waals surface area (Å²) in [4.78, 5) is 8.72. The molecule has 0 spiro atoms. The molecule has 4 nitrogen and oxygen atoms in total. The highest BCUT2D eigenvalue weighted by molar-refractivity contribution is 6.33. The van der Waals surface area contributed by atoms with E-state index in [9.17, 15) is 0 Å². The molecule has 1 aromatic heterocycles. The SMILES string of the molecule is C=CCNc1cc(Nc2c(C)cc(C)cc2Cl)nc(C)n1. The van der Waals surface area contributed by atoms with Crippen molar-refractivity contribution in [1.82, 2.24) is 9.97 Å². The summed E-state index contributed by atoms with van der Waals surface area (Å²) in [5.41, 5.74) is 3.09. The van der Waals surface area contributed by atoms with E-state index in [2.05, 4.69) is 33.2 Å². The van der Waals surface area contributed by atoms with Gasteiger partial charge in [-0.1, -0.05) is 23.7 Å². The highest BCUT2D eigenvalue weighted by Gasteiger charge is 2.08. The van der Waals surface area contributed by atoms with Crippen LogP contribution in [-0.2, 0) is 0 Å². The smallest absolute Gasteiger partial charge is 0.136 e. The number of rotatable bonds is 5. The molecule has 0 aliphatic heterocycles. The summed E-state index contributed by atoms with van der Waals surface area (Å²) in [5, 5.41) is 7.12. The lowest BCUT2D eigenvalue weighted by Crippen LogP contribution is -2.05. The molecule has 0 amide bonds. The molecule has 2 aromatic rings. The van der Waals surface area contributed by atoms with Gasteiger partial charge in [0.25, 0.3) is 0 Å². The van der Waals surface area contributed by atoms with Gasteiger partial charge in [0.15, 0.2) is 0 Å². The topological polar surface area (TPSA) is 49.8 Å². The molecule has 1 aromatic carbocycles. The Bertz CT molecular complexity index is 644. The van der Waals surface area contributed by atoms with Crippen LogP contribution in [0.4, 0.5) is 17.3 Å². The standard InChI is InChI=1S/C16H19ClN4/c1-5-6-18-14-9-15(20-12(4)19-14)21-16-11(3)7-10(2)8-13(16)17/h5,7-9H,1,6H2,2-4H3,(H2,18,19,20,21).